The number of hydrogen-bond acceptors (Lipinski definition) is 8. The maximum absolute atomic E-state index is 13.4. The number of aryl methyl sites for hydroxylation is 1. The molecule has 0 aromatic heterocycles. The summed E-state index contributed by atoms with van der Waals surface area (Å²) in [5.74, 6) is 2.96. The summed E-state index contributed by atoms with van der Waals surface area (Å²) < 4.78 is 22.8. The summed E-state index contributed by atoms with van der Waals surface area (Å²) in [6.07, 6.45) is 1.72. The van der Waals surface area contributed by atoms with Crippen LogP contribution in [-0.2, 0) is 13.1 Å². The molecule has 0 atom stereocenters. The molecule has 3 aromatic rings. The third-order valence-electron chi connectivity index (χ3n) is 7.42. The van der Waals surface area contributed by atoms with Crippen molar-refractivity contribution >= 4 is 11.9 Å². The summed E-state index contributed by atoms with van der Waals surface area (Å²) >= 11 is 0. The summed E-state index contributed by atoms with van der Waals surface area (Å²) in [5, 5.41) is 10.9. The van der Waals surface area contributed by atoms with Crippen LogP contribution >= 0.6 is 0 Å². The van der Waals surface area contributed by atoms with Crippen molar-refractivity contribution < 1.29 is 28.8 Å². The summed E-state index contributed by atoms with van der Waals surface area (Å²) in [4.78, 5) is 18.1. The third-order valence-corrected chi connectivity index (χ3v) is 7.42. The first-order valence-electron chi connectivity index (χ1n) is 13.3. The van der Waals surface area contributed by atoms with Crippen LogP contribution < -0.4 is 18.9 Å². The number of allylic oxidation sites excluding steroid dienone is 1. The maximum atomic E-state index is 13.4. The number of ketones is 1. The van der Waals surface area contributed by atoms with Crippen molar-refractivity contribution in [3.8, 4) is 28.7 Å². The molecule has 0 amide bonds. The van der Waals surface area contributed by atoms with Gasteiger partial charge in [0.2, 0.25) is 12.6 Å². The number of phenolic OH excluding ortho intramolecular Hbond substituents is 1. The fraction of sp³-hybridized carbons (Fsp3) is 0.323. The zero-order chi connectivity index (χ0) is 26.9. The Balaban J connectivity index is 1.16. The van der Waals surface area contributed by atoms with Crippen LogP contribution in [0.1, 0.15) is 39.5 Å². The molecule has 1 fully saturated rings. The van der Waals surface area contributed by atoms with Gasteiger partial charge in [-0.2, -0.15) is 0 Å². The van der Waals surface area contributed by atoms with Gasteiger partial charge in [0.15, 0.2) is 17.3 Å². The number of aromatic hydroxyl groups is 1. The van der Waals surface area contributed by atoms with Gasteiger partial charge in [-0.3, -0.25) is 14.6 Å². The number of carbonyl (C=O) groups is 1. The fourth-order valence-corrected chi connectivity index (χ4v) is 5.39. The SMILES string of the molecule is CCOc1ccccc1/C=C1\Oc2c(CN3CCN(Cc4ccc5c(c4)OCO5)CC3)c(O)cc(C)c2C1=O. The minimum Gasteiger partial charge on any atom is -0.507 e. The first kappa shape index (κ1) is 25.3. The molecule has 202 valence electrons. The van der Waals surface area contributed by atoms with E-state index in [1.807, 2.05) is 44.2 Å². The number of ether oxygens (including phenoxy) is 4. The predicted molar refractivity (Wildman–Crippen MR) is 147 cm³/mol. The molecular weight excluding hydrogens is 496 g/mol. The Morgan fingerprint density at radius 1 is 0.974 bits per heavy atom. The topological polar surface area (TPSA) is 80.7 Å². The molecule has 1 saturated heterocycles. The highest BCUT2D eigenvalue weighted by Crippen LogP contribution is 2.43. The van der Waals surface area contributed by atoms with Crippen LogP contribution in [0.5, 0.6) is 28.7 Å². The molecule has 3 aliphatic rings. The molecule has 8 nitrogen and oxygen atoms in total. The monoisotopic (exact) mass is 528 g/mol. The largest absolute Gasteiger partial charge is 0.507 e. The molecule has 3 aliphatic heterocycles. The summed E-state index contributed by atoms with van der Waals surface area (Å²) in [6, 6.07) is 15.3. The van der Waals surface area contributed by atoms with Gasteiger partial charge in [0, 0.05) is 44.8 Å². The Labute approximate surface area is 228 Å². The van der Waals surface area contributed by atoms with Crippen molar-refractivity contribution in [1.29, 1.82) is 0 Å². The lowest BCUT2D eigenvalue weighted by molar-refractivity contribution is 0.101. The van der Waals surface area contributed by atoms with Crippen molar-refractivity contribution in [2.45, 2.75) is 26.9 Å². The van der Waals surface area contributed by atoms with Crippen LogP contribution in [-0.4, -0.2) is 60.3 Å². The zero-order valence-corrected chi connectivity index (χ0v) is 22.2. The first-order chi connectivity index (χ1) is 19.0. The Bertz CT molecular complexity index is 1440. The Hall–Kier alpha value is -4.01. The quantitative estimate of drug-likeness (QED) is 0.440. The standard InChI is InChI=1S/C31H32N2O6/c1-3-36-25-7-5-4-6-22(25)16-28-30(35)29-20(2)14-24(34)23(31(29)39-28)18-33-12-10-32(11-13-33)17-21-8-9-26-27(15-21)38-19-37-26/h4-9,14-16,34H,3,10-13,17-19H2,1-2H3/b28-16-. The van der Waals surface area contributed by atoms with Gasteiger partial charge in [0.1, 0.15) is 17.2 Å². The second-order valence-corrected chi connectivity index (χ2v) is 10.0. The molecule has 1 N–H and O–H groups in total. The van der Waals surface area contributed by atoms with E-state index < -0.39 is 0 Å². The number of piperazine rings is 1. The molecule has 6 rings (SSSR count). The number of carbonyl (C=O) groups excluding carboxylic acids is 1. The zero-order valence-electron chi connectivity index (χ0n) is 22.2. The lowest BCUT2D eigenvalue weighted by Gasteiger charge is -2.35. The number of phenols is 1. The molecule has 0 spiro atoms. The van der Waals surface area contributed by atoms with Crippen molar-refractivity contribution in [3.05, 3.63) is 82.1 Å². The normalized spacial score (nSPS) is 17.9. The number of benzene rings is 3. The van der Waals surface area contributed by atoms with Crippen LogP contribution in [0.2, 0.25) is 0 Å². The van der Waals surface area contributed by atoms with E-state index in [1.165, 1.54) is 5.56 Å². The average molecular weight is 529 g/mol. The van der Waals surface area contributed by atoms with Gasteiger partial charge in [-0.1, -0.05) is 24.3 Å². The summed E-state index contributed by atoms with van der Waals surface area (Å²) in [5.41, 5.74) is 3.83. The van der Waals surface area contributed by atoms with Gasteiger partial charge in [-0.25, -0.2) is 0 Å². The minimum absolute atomic E-state index is 0.151. The maximum Gasteiger partial charge on any atom is 0.232 e. The first-order valence-corrected chi connectivity index (χ1v) is 13.3. The second kappa shape index (κ2) is 10.6. The Kier molecular flexibility index (Phi) is 6.89. The fourth-order valence-electron chi connectivity index (χ4n) is 5.39. The molecule has 39 heavy (non-hydrogen) atoms. The van der Waals surface area contributed by atoms with Crippen LogP contribution in [0.4, 0.5) is 0 Å². The average Bonchev–Trinajstić information content (AvgIpc) is 3.53. The third kappa shape index (κ3) is 5.05. The molecule has 0 unspecified atom stereocenters. The molecule has 3 aromatic carbocycles. The summed E-state index contributed by atoms with van der Waals surface area (Å²) in [6.45, 7) is 9.35. The highest BCUT2D eigenvalue weighted by atomic mass is 16.7. The predicted octanol–water partition coefficient (Wildman–Crippen LogP) is 4.76. The lowest BCUT2D eigenvalue weighted by atomic mass is 9.99. The van der Waals surface area contributed by atoms with E-state index >= 15 is 0 Å². The van der Waals surface area contributed by atoms with Gasteiger partial charge in [0.05, 0.1) is 17.7 Å². The molecule has 0 aliphatic carbocycles. The molecular formula is C31H32N2O6. The Morgan fingerprint density at radius 3 is 2.51 bits per heavy atom. The molecule has 3 heterocycles. The number of hydrogen-bond donors (Lipinski definition) is 1. The van der Waals surface area contributed by atoms with Crippen LogP contribution in [0.15, 0.2) is 54.3 Å². The van der Waals surface area contributed by atoms with Crippen molar-refractivity contribution in [2.24, 2.45) is 0 Å². The van der Waals surface area contributed by atoms with Gasteiger partial charge < -0.3 is 24.1 Å². The Morgan fingerprint density at radius 2 is 1.72 bits per heavy atom. The minimum atomic E-state index is -0.177. The highest BCUT2D eigenvalue weighted by Gasteiger charge is 2.34. The van der Waals surface area contributed by atoms with Crippen molar-refractivity contribution in [3.63, 3.8) is 0 Å². The highest BCUT2D eigenvalue weighted by molar-refractivity contribution is 6.16. The van der Waals surface area contributed by atoms with Crippen molar-refractivity contribution in [1.82, 2.24) is 9.80 Å². The number of Topliss-reactive ketones (excluding diaryl/α,β-unsaturated/α-hetero) is 1. The molecule has 0 bridgehead atoms. The lowest BCUT2D eigenvalue weighted by Crippen LogP contribution is -2.45. The number of rotatable bonds is 7. The number of nitrogens with zero attached hydrogens (tertiary/aromatic N) is 2. The summed E-state index contributed by atoms with van der Waals surface area (Å²) in [7, 11) is 0. The van der Waals surface area contributed by atoms with Gasteiger partial charge in [-0.15, -0.1) is 0 Å². The van der Waals surface area contributed by atoms with Gasteiger partial charge >= 0.3 is 0 Å². The van der Waals surface area contributed by atoms with E-state index in [2.05, 4.69) is 21.9 Å². The number of para-hydroxylation sites is 1. The van der Waals surface area contributed by atoms with Gasteiger partial charge in [-0.05, 0) is 55.3 Å². The van der Waals surface area contributed by atoms with E-state index in [4.69, 9.17) is 18.9 Å². The second-order valence-electron chi connectivity index (χ2n) is 10.0. The molecule has 0 radical (unpaired) electrons. The van der Waals surface area contributed by atoms with E-state index in [9.17, 15) is 9.90 Å². The molecule has 8 heteroatoms. The van der Waals surface area contributed by atoms with E-state index in [1.54, 1.807) is 12.1 Å². The van der Waals surface area contributed by atoms with Crippen LogP contribution in [0, 0.1) is 6.92 Å². The van der Waals surface area contributed by atoms with E-state index in [0.717, 1.165) is 49.8 Å². The number of fused-ring (bicyclic) bond motifs is 2. The van der Waals surface area contributed by atoms with E-state index in [0.29, 0.717) is 41.3 Å². The smallest absolute Gasteiger partial charge is 0.232 e. The van der Waals surface area contributed by atoms with Crippen LogP contribution in [0.25, 0.3) is 6.08 Å². The van der Waals surface area contributed by atoms with Crippen LogP contribution in [0.3, 0.4) is 0 Å². The van der Waals surface area contributed by atoms with E-state index in [-0.39, 0.29) is 24.1 Å². The van der Waals surface area contributed by atoms with Gasteiger partial charge in [0.25, 0.3) is 0 Å². The van der Waals surface area contributed by atoms with Crippen molar-refractivity contribution in [2.75, 3.05) is 39.6 Å². The molecule has 0 saturated carbocycles.